The normalized spacial score (nSPS) is 12.1. The monoisotopic (exact) mass is 332 g/mol. The maximum Gasteiger partial charge on any atom is 0.332 e. The lowest BCUT2D eigenvalue weighted by Gasteiger charge is -2.10. The molecule has 3 rings (SSSR count). The Morgan fingerprint density at radius 3 is 2.33 bits per heavy atom. The van der Waals surface area contributed by atoms with Crippen molar-refractivity contribution in [2.45, 2.75) is 26.8 Å². The highest BCUT2D eigenvalue weighted by molar-refractivity contribution is 5.76. The topological polar surface area (TPSA) is 69.5 Å². The molecule has 3 aromatic rings. The van der Waals surface area contributed by atoms with Crippen LogP contribution in [0.4, 0.5) is 0 Å². The van der Waals surface area contributed by atoms with Crippen LogP contribution in [0.1, 0.15) is 17.8 Å². The Kier molecular flexibility index (Phi) is 3.87. The summed E-state index contributed by atoms with van der Waals surface area (Å²) < 4.78 is 6.57. The molecule has 0 amide bonds. The van der Waals surface area contributed by atoms with E-state index in [0.29, 0.717) is 11.2 Å². The largest absolute Gasteiger partial charge is 0.332 e. The second-order valence-corrected chi connectivity index (χ2v) is 6.60. The van der Waals surface area contributed by atoms with Crippen LogP contribution in [0.5, 0.6) is 0 Å². The van der Waals surface area contributed by atoms with Gasteiger partial charge in [-0.05, 0) is 40.9 Å². The van der Waals surface area contributed by atoms with Gasteiger partial charge in [-0.3, -0.25) is 18.3 Å². The molecule has 8 heteroatoms. The van der Waals surface area contributed by atoms with E-state index >= 15 is 0 Å². The summed E-state index contributed by atoms with van der Waals surface area (Å²) in [5.74, 6) is 0.719. The van der Waals surface area contributed by atoms with Crippen molar-refractivity contribution in [1.82, 2.24) is 28.0 Å². The van der Waals surface area contributed by atoms with Gasteiger partial charge in [0.05, 0.1) is 0 Å². The molecular formula is C16H24N6O2. The van der Waals surface area contributed by atoms with Crippen LogP contribution in [-0.2, 0) is 20.6 Å². The fourth-order valence-corrected chi connectivity index (χ4v) is 3.20. The third-order valence-electron chi connectivity index (χ3n) is 4.73. The van der Waals surface area contributed by atoms with Crippen LogP contribution in [0, 0.1) is 13.8 Å². The lowest BCUT2D eigenvalue weighted by molar-refractivity contribution is 0.386. The van der Waals surface area contributed by atoms with Gasteiger partial charge in [-0.1, -0.05) is 0 Å². The van der Waals surface area contributed by atoms with Gasteiger partial charge < -0.3 is 9.47 Å². The highest BCUT2D eigenvalue weighted by Gasteiger charge is 2.21. The first-order chi connectivity index (χ1) is 11.3. The van der Waals surface area contributed by atoms with E-state index in [-0.39, 0.29) is 11.2 Å². The average Bonchev–Trinajstić information content (AvgIpc) is 3.02. The standard InChI is InChI=1S/C16H24N6O2/c1-10-11(2)22-12-13(19(5)16(24)20(6)14(12)23)17-15(22)21(10)9-7-8-18(3)4/h7-9H2,1-6H3. The molecule has 0 aromatic carbocycles. The molecule has 130 valence electrons. The van der Waals surface area contributed by atoms with Crippen LogP contribution in [0.25, 0.3) is 16.9 Å². The van der Waals surface area contributed by atoms with Gasteiger partial charge in [-0.2, -0.15) is 4.98 Å². The minimum atomic E-state index is -0.359. The summed E-state index contributed by atoms with van der Waals surface area (Å²) in [6, 6.07) is 0. The highest BCUT2D eigenvalue weighted by Crippen LogP contribution is 2.20. The van der Waals surface area contributed by atoms with Crippen LogP contribution < -0.4 is 11.2 Å². The van der Waals surface area contributed by atoms with Crippen LogP contribution in [0.3, 0.4) is 0 Å². The van der Waals surface area contributed by atoms with Crippen LogP contribution in [0.15, 0.2) is 9.59 Å². The Bertz CT molecular complexity index is 1050. The summed E-state index contributed by atoms with van der Waals surface area (Å²) in [5, 5.41) is 0. The van der Waals surface area contributed by atoms with Crippen molar-refractivity contribution in [2.75, 3.05) is 20.6 Å². The molecule has 3 aromatic heterocycles. The predicted octanol–water partition coefficient (Wildman–Crippen LogP) is 0.255. The van der Waals surface area contributed by atoms with Crippen molar-refractivity contribution in [1.29, 1.82) is 0 Å². The maximum atomic E-state index is 12.6. The number of imidazole rings is 2. The predicted molar refractivity (Wildman–Crippen MR) is 93.8 cm³/mol. The zero-order chi connectivity index (χ0) is 17.8. The number of aromatic nitrogens is 5. The number of rotatable bonds is 4. The third kappa shape index (κ3) is 2.21. The van der Waals surface area contributed by atoms with E-state index in [9.17, 15) is 9.59 Å². The Morgan fingerprint density at radius 1 is 1.04 bits per heavy atom. The minimum absolute atomic E-state index is 0.311. The first-order valence-electron chi connectivity index (χ1n) is 8.04. The zero-order valence-corrected chi connectivity index (χ0v) is 15.1. The Balaban J connectivity index is 2.32. The number of fused-ring (bicyclic) bond motifs is 3. The van der Waals surface area contributed by atoms with Crippen molar-refractivity contribution in [2.24, 2.45) is 14.1 Å². The van der Waals surface area contributed by atoms with Gasteiger partial charge in [-0.15, -0.1) is 0 Å². The molecule has 0 saturated heterocycles. The van der Waals surface area contributed by atoms with E-state index in [1.165, 1.54) is 11.6 Å². The zero-order valence-electron chi connectivity index (χ0n) is 15.1. The molecule has 0 atom stereocenters. The lowest BCUT2D eigenvalue weighted by Crippen LogP contribution is -2.37. The van der Waals surface area contributed by atoms with E-state index in [4.69, 9.17) is 0 Å². The van der Waals surface area contributed by atoms with E-state index in [1.54, 1.807) is 7.05 Å². The average molecular weight is 332 g/mol. The van der Waals surface area contributed by atoms with Gasteiger partial charge >= 0.3 is 5.69 Å². The molecule has 8 nitrogen and oxygen atoms in total. The molecule has 0 radical (unpaired) electrons. The first kappa shape index (κ1) is 16.5. The minimum Gasteiger partial charge on any atom is -0.314 e. The Hall–Kier alpha value is -2.35. The van der Waals surface area contributed by atoms with Crippen LogP contribution >= 0.6 is 0 Å². The molecule has 0 fully saturated rings. The molecule has 0 bridgehead atoms. The molecular weight excluding hydrogens is 308 g/mol. The number of hydrogen-bond donors (Lipinski definition) is 0. The number of nitrogens with zero attached hydrogens (tertiary/aromatic N) is 6. The van der Waals surface area contributed by atoms with Crippen molar-refractivity contribution in [3.8, 4) is 0 Å². The number of aryl methyl sites for hydroxylation is 3. The Labute approximate surface area is 139 Å². The molecule has 3 heterocycles. The molecule has 0 aliphatic carbocycles. The van der Waals surface area contributed by atoms with Crippen LogP contribution in [0.2, 0.25) is 0 Å². The highest BCUT2D eigenvalue weighted by atomic mass is 16.2. The summed E-state index contributed by atoms with van der Waals surface area (Å²) in [5.41, 5.74) is 2.29. The van der Waals surface area contributed by atoms with Gasteiger partial charge in [0.15, 0.2) is 11.2 Å². The molecule has 0 aliphatic heterocycles. The summed E-state index contributed by atoms with van der Waals surface area (Å²) >= 11 is 0. The van der Waals surface area contributed by atoms with Crippen LogP contribution in [-0.4, -0.2) is 48.6 Å². The van der Waals surface area contributed by atoms with E-state index in [0.717, 1.165) is 41.2 Å². The molecule has 0 unspecified atom stereocenters. The SMILES string of the molecule is Cc1c(C)n2c3c(=O)n(C)c(=O)n(C)c3nc2n1CCCN(C)C. The van der Waals surface area contributed by atoms with Gasteiger partial charge in [0.1, 0.15) is 0 Å². The van der Waals surface area contributed by atoms with Crippen molar-refractivity contribution < 1.29 is 0 Å². The van der Waals surface area contributed by atoms with E-state index < -0.39 is 0 Å². The van der Waals surface area contributed by atoms with Gasteiger partial charge in [0.25, 0.3) is 5.56 Å². The van der Waals surface area contributed by atoms with Crippen molar-refractivity contribution in [3.05, 3.63) is 32.2 Å². The second kappa shape index (κ2) is 5.62. The quantitative estimate of drug-likeness (QED) is 0.687. The van der Waals surface area contributed by atoms with Crippen molar-refractivity contribution >= 4 is 16.9 Å². The lowest BCUT2D eigenvalue weighted by atomic mass is 10.3. The smallest absolute Gasteiger partial charge is 0.314 e. The molecule has 24 heavy (non-hydrogen) atoms. The Morgan fingerprint density at radius 2 is 1.71 bits per heavy atom. The van der Waals surface area contributed by atoms with Gasteiger partial charge in [0.2, 0.25) is 5.78 Å². The summed E-state index contributed by atoms with van der Waals surface area (Å²) in [6.07, 6.45) is 0.984. The fourth-order valence-electron chi connectivity index (χ4n) is 3.20. The van der Waals surface area contributed by atoms with Crippen molar-refractivity contribution in [3.63, 3.8) is 0 Å². The maximum absolute atomic E-state index is 12.6. The van der Waals surface area contributed by atoms with E-state index in [1.807, 2.05) is 32.3 Å². The third-order valence-corrected chi connectivity index (χ3v) is 4.73. The van der Waals surface area contributed by atoms with Gasteiger partial charge in [-0.25, -0.2) is 4.79 Å². The molecule has 0 spiro atoms. The van der Waals surface area contributed by atoms with E-state index in [2.05, 4.69) is 14.5 Å². The first-order valence-corrected chi connectivity index (χ1v) is 8.04. The summed E-state index contributed by atoms with van der Waals surface area (Å²) in [4.78, 5) is 31.5. The van der Waals surface area contributed by atoms with Gasteiger partial charge in [0, 0.05) is 32.0 Å². The second-order valence-electron chi connectivity index (χ2n) is 6.60. The summed E-state index contributed by atoms with van der Waals surface area (Å²) in [6.45, 7) is 5.82. The number of hydrogen-bond acceptors (Lipinski definition) is 4. The molecule has 0 aliphatic rings. The molecule has 0 saturated carbocycles. The fraction of sp³-hybridized carbons (Fsp3) is 0.562. The summed E-state index contributed by atoms with van der Waals surface area (Å²) in [7, 11) is 7.24. The molecule has 0 N–H and O–H groups in total.